The van der Waals surface area contributed by atoms with Crippen molar-refractivity contribution in [1.82, 2.24) is 0 Å². The van der Waals surface area contributed by atoms with Crippen LogP contribution in [0.3, 0.4) is 0 Å². The van der Waals surface area contributed by atoms with Gasteiger partial charge in [0, 0.05) is 16.9 Å². The number of hydrogen-bond donors (Lipinski definition) is 1. The van der Waals surface area contributed by atoms with Crippen LogP contribution in [0, 0.1) is 11.8 Å². The summed E-state index contributed by atoms with van der Waals surface area (Å²) in [5, 5.41) is 3.05. The normalized spacial score (nSPS) is 25.1. The number of carbonyl (C=O) groups is 3. The number of Topliss-reactive ketones (excluding diaryl/α,β-unsaturated/α-hetero) is 2. The first kappa shape index (κ1) is 23.4. The Kier molecular flexibility index (Phi) is 5.41. The molecule has 0 aromatic heterocycles. The average molecular weight is 491 g/mol. The van der Waals surface area contributed by atoms with Gasteiger partial charge in [0.15, 0.2) is 11.6 Å². The molecule has 1 fully saturated rings. The molecule has 1 spiro atoms. The highest BCUT2D eigenvalue weighted by molar-refractivity contribution is 6.16. The van der Waals surface area contributed by atoms with Crippen molar-refractivity contribution in [1.29, 1.82) is 0 Å². The van der Waals surface area contributed by atoms with Crippen LogP contribution in [-0.2, 0) is 21.4 Å². The first-order chi connectivity index (χ1) is 17.8. The number of rotatable bonds is 5. The summed E-state index contributed by atoms with van der Waals surface area (Å²) in [5.74, 6) is -0.915. The minimum Gasteiger partial charge on any atom is -0.352 e. The van der Waals surface area contributed by atoms with Gasteiger partial charge < -0.3 is 10.2 Å². The second-order valence-corrected chi connectivity index (χ2v) is 10.8. The molecule has 1 saturated heterocycles. The van der Waals surface area contributed by atoms with Gasteiger partial charge in [-0.3, -0.25) is 14.4 Å². The molecule has 1 amide bonds. The predicted octanol–water partition coefficient (Wildman–Crippen LogP) is 5.45. The van der Waals surface area contributed by atoms with E-state index in [1.165, 1.54) is 6.92 Å². The molecule has 37 heavy (non-hydrogen) atoms. The van der Waals surface area contributed by atoms with Crippen LogP contribution in [0.2, 0.25) is 0 Å². The van der Waals surface area contributed by atoms with E-state index in [9.17, 15) is 14.4 Å². The van der Waals surface area contributed by atoms with Gasteiger partial charge in [0.2, 0.25) is 5.91 Å². The molecule has 5 heteroatoms. The third-order valence-corrected chi connectivity index (χ3v) is 8.12. The van der Waals surface area contributed by atoms with Crippen LogP contribution >= 0.6 is 0 Å². The van der Waals surface area contributed by atoms with Gasteiger partial charge in [0.1, 0.15) is 5.41 Å². The molecule has 4 atom stereocenters. The molecule has 0 bridgehead atoms. The van der Waals surface area contributed by atoms with Crippen molar-refractivity contribution in [3.05, 3.63) is 101 Å². The van der Waals surface area contributed by atoms with Crippen molar-refractivity contribution in [2.75, 3.05) is 10.2 Å². The van der Waals surface area contributed by atoms with Crippen molar-refractivity contribution >= 4 is 34.9 Å². The van der Waals surface area contributed by atoms with Gasteiger partial charge in [0.25, 0.3) is 0 Å². The van der Waals surface area contributed by atoms with Crippen molar-refractivity contribution in [3.63, 3.8) is 0 Å². The summed E-state index contributed by atoms with van der Waals surface area (Å²) < 4.78 is 0. The third-order valence-electron chi connectivity index (χ3n) is 8.12. The minimum atomic E-state index is -1.23. The Hall–Kier alpha value is -3.99. The zero-order valence-electron chi connectivity index (χ0n) is 21.3. The zero-order chi connectivity index (χ0) is 25.9. The summed E-state index contributed by atoms with van der Waals surface area (Å²) in [6, 6.07) is 21.9. The first-order valence-corrected chi connectivity index (χ1v) is 12.9. The molecule has 3 heterocycles. The lowest BCUT2D eigenvalue weighted by molar-refractivity contribution is -0.122. The second kappa shape index (κ2) is 8.55. The van der Waals surface area contributed by atoms with Crippen LogP contribution in [0.4, 0.5) is 11.4 Å². The van der Waals surface area contributed by atoms with Crippen LogP contribution in [0.1, 0.15) is 47.8 Å². The van der Waals surface area contributed by atoms with Crippen molar-refractivity contribution in [3.8, 4) is 0 Å². The molecule has 0 radical (unpaired) electrons. The number of para-hydroxylation sites is 2. The lowest BCUT2D eigenvalue weighted by Crippen LogP contribution is -2.51. The second-order valence-electron chi connectivity index (χ2n) is 10.8. The number of hydrogen-bond acceptors (Lipinski definition) is 4. The number of amides is 1. The fourth-order valence-corrected chi connectivity index (χ4v) is 6.73. The Balaban J connectivity index is 1.57. The number of anilines is 2. The van der Waals surface area contributed by atoms with E-state index >= 15 is 0 Å². The van der Waals surface area contributed by atoms with Gasteiger partial charge in [-0.15, -0.1) is 0 Å². The largest absolute Gasteiger partial charge is 0.352 e. The summed E-state index contributed by atoms with van der Waals surface area (Å²) in [5.41, 5.74) is 3.77. The highest BCUT2D eigenvalue weighted by atomic mass is 16.2. The Morgan fingerprint density at radius 1 is 0.973 bits per heavy atom. The highest BCUT2D eigenvalue weighted by Crippen LogP contribution is 2.57. The molecule has 5 nitrogen and oxygen atoms in total. The maximum atomic E-state index is 14.5. The molecular weight excluding hydrogens is 460 g/mol. The summed E-state index contributed by atoms with van der Waals surface area (Å²) in [7, 11) is 0. The van der Waals surface area contributed by atoms with Crippen LogP contribution in [-0.4, -0.2) is 29.6 Å². The molecule has 0 saturated carbocycles. The highest BCUT2D eigenvalue weighted by Gasteiger charge is 2.69. The molecule has 1 N–H and O–H groups in total. The molecule has 3 aromatic rings. The first-order valence-electron chi connectivity index (χ1n) is 12.9. The van der Waals surface area contributed by atoms with E-state index in [4.69, 9.17) is 0 Å². The fourth-order valence-electron chi connectivity index (χ4n) is 6.73. The number of ketones is 2. The maximum Gasteiger partial charge on any atom is 0.238 e. The van der Waals surface area contributed by atoms with Crippen molar-refractivity contribution < 1.29 is 14.4 Å². The van der Waals surface area contributed by atoms with E-state index in [0.29, 0.717) is 17.2 Å². The predicted molar refractivity (Wildman–Crippen MR) is 146 cm³/mol. The maximum absolute atomic E-state index is 14.5. The van der Waals surface area contributed by atoms with Gasteiger partial charge in [-0.05, 0) is 48.1 Å². The molecule has 4 unspecified atom stereocenters. The lowest BCUT2D eigenvalue weighted by atomic mass is 9.64. The minimum absolute atomic E-state index is 0.126. The summed E-state index contributed by atoms with van der Waals surface area (Å²) in [6.45, 7) is 5.86. The molecule has 6 rings (SSSR count). The SMILES string of the molecule is CC(=O)C1C(C(=O)c2ccc(CC(C)C)cc2)C2(C(=O)Nc3ccccc32)C2C=Cc3ccccc3N12. The number of nitrogens with one attached hydrogen (secondary N) is 1. The van der Waals surface area contributed by atoms with Crippen molar-refractivity contribution in [2.45, 2.75) is 44.7 Å². The van der Waals surface area contributed by atoms with Crippen LogP contribution in [0.25, 0.3) is 6.08 Å². The average Bonchev–Trinajstić information content (AvgIpc) is 3.37. The Morgan fingerprint density at radius 2 is 1.68 bits per heavy atom. The van der Waals surface area contributed by atoms with Crippen LogP contribution in [0.15, 0.2) is 78.9 Å². The van der Waals surface area contributed by atoms with E-state index in [0.717, 1.165) is 28.8 Å². The number of carbonyl (C=O) groups excluding carboxylic acids is 3. The summed E-state index contributed by atoms with van der Waals surface area (Å²) in [4.78, 5) is 44.0. The van der Waals surface area contributed by atoms with E-state index in [1.807, 2.05) is 89.8 Å². The van der Waals surface area contributed by atoms with E-state index in [-0.39, 0.29) is 17.5 Å². The topological polar surface area (TPSA) is 66.5 Å². The van der Waals surface area contributed by atoms with E-state index < -0.39 is 23.4 Å². The molecule has 186 valence electrons. The molecule has 3 aliphatic heterocycles. The molecule has 3 aromatic carbocycles. The number of fused-ring (bicyclic) bond motifs is 6. The monoisotopic (exact) mass is 490 g/mol. The fraction of sp³-hybridized carbons (Fsp3) is 0.281. The van der Waals surface area contributed by atoms with Gasteiger partial charge in [0.05, 0.1) is 18.0 Å². The zero-order valence-corrected chi connectivity index (χ0v) is 21.3. The Morgan fingerprint density at radius 3 is 2.41 bits per heavy atom. The Labute approximate surface area is 217 Å². The summed E-state index contributed by atoms with van der Waals surface area (Å²) >= 11 is 0. The molecular formula is C32H30N2O3. The van der Waals surface area contributed by atoms with Crippen LogP contribution in [0.5, 0.6) is 0 Å². The van der Waals surface area contributed by atoms with E-state index in [1.54, 1.807) is 0 Å². The smallest absolute Gasteiger partial charge is 0.238 e. The summed E-state index contributed by atoms with van der Waals surface area (Å²) in [6.07, 6.45) is 4.93. The number of nitrogens with zero attached hydrogens (tertiary/aromatic N) is 1. The molecule has 3 aliphatic rings. The van der Waals surface area contributed by atoms with E-state index in [2.05, 4.69) is 19.2 Å². The third kappa shape index (κ3) is 3.33. The van der Waals surface area contributed by atoms with Gasteiger partial charge in [-0.1, -0.05) is 86.7 Å². The number of benzene rings is 3. The van der Waals surface area contributed by atoms with Crippen molar-refractivity contribution in [2.24, 2.45) is 11.8 Å². The molecule has 0 aliphatic carbocycles. The van der Waals surface area contributed by atoms with Gasteiger partial charge in [-0.25, -0.2) is 0 Å². The quantitative estimate of drug-likeness (QED) is 0.483. The Bertz CT molecular complexity index is 1450. The lowest BCUT2D eigenvalue weighted by Gasteiger charge is -2.37. The van der Waals surface area contributed by atoms with Gasteiger partial charge >= 0.3 is 0 Å². The standard InChI is InChI=1S/C32H30N2O3/c1-19(2)18-21-12-14-23(15-13-21)30(36)28-29(20(3)35)34-26-11-7-4-8-22(26)16-17-27(34)32(28)24-9-5-6-10-25(24)33-31(32)37/h4-17,19,27-29H,18H2,1-3H3,(H,33,37). The van der Waals surface area contributed by atoms with Gasteiger partial charge in [-0.2, -0.15) is 0 Å². The van der Waals surface area contributed by atoms with Crippen LogP contribution < -0.4 is 10.2 Å².